The fourth-order valence-corrected chi connectivity index (χ4v) is 5.47. The first-order valence-corrected chi connectivity index (χ1v) is 13.7. The molecule has 0 unspecified atom stereocenters. The maximum absolute atomic E-state index is 13.4. The molecular weight excluding hydrogens is 500 g/mol. The highest BCUT2D eigenvalue weighted by Gasteiger charge is 2.38. The van der Waals surface area contributed by atoms with Gasteiger partial charge in [-0.3, -0.25) is 19.2 Å². The van der Waals surface area contributed by atoms with E-state index in [0.29, 0.717) is 41.4 Å². The molecule has 1 aliphatic heterocycles. The Hall–Kier alpha value is -4.02. The fourth-order valence-electron chi connectivity index (χ4n) is 5.47. The van der Waals surface area contributed by atoms with Crippen LogP contribution in [0.5, 0.6) is 5.75 Å². The van der Waals surface area contributed by atoms with Crippen molar-refractivity contribution in [1.82, 2.24) is 29.7 Å². The Balaban J connectivity index is 1.19. The Kier molecular flexibility index (Phi) is 6.23. The second-order valence-corrected chi connectivity index (χ2v) is 11.2. The number of Topliss-reactive ketones (excluding diaryl/α,β-unsaturated/α-hetero) is 1. The van der Waals surface area contributed by atoms with Crippen molar-refractivity contribution in [2.75, 3.05) is 6.54 Å². The second-order valence-electron chi connectivity index (χ2n) is 11.2. The van der Waals surface area contributed by atoms with Crippen LogP contribution in [-0.2, 0) is 17.8 Å². The Morgan fingerprint density at radius 2 is 1.95 bits per heavy atom. The highest BCUT2D eigenvalue weighted by Crippen LogP contribution is 2.39. The van der Waals surface area contributed by atoms with Crippen LogP contribution < -0.4 is 10.7 Å². The first kappa shape index (κ1) is 25.3. The van der Waals surface area contributed by atoms with Crippen LogP contribution in [0.15, 0.2) is 23.3 Å². The molecule has 6 rings (SSSR count). The summed E-state index contributed by atoms with van der Waals surface area (Å²) in [5, 5.41) is 13.3. The number of fused-ring (bicyclic) bond motifs is 2. The van der Waals surface area contributed by atoms with Crippen LogP contribution in [0.2, 0.25) is 0 Å². The summed E-state index contributed by atoms with van der Waals surface area (Å²) in [4.78, 5) is 65.8. The molecule has 3 N–H and O–H groups in total. The molecule has 0 bridgehead atoms. The summed E-state index contributed by atoms with van der Waals surface area (Å²) in [5.41, 5.74) is 2.15. The van der Waals surface area contributed by atoms with Gasteiger partial charge >= 0.3 is 0 Å². The molecule has 0 spiro atoms. The molecule has 204 valence electrons. The first-order valence-electron chi connectivity index (χ1n) is 13.7. The van der Waals surface area contributed by atoms with Gasteiger partial charge in [0.15, 0.2) is 22.9 Å². The topological polar surface area (TPSA) is 150 Å². The Morgan fingerprint density at radius 1 is 1.18 bits per heavy atom. The minimum Gasteiger partial charge on any atom is -0.503 e. The number of aryl methyl sites for hydroxylation is 1. The highest BCUT2D eigenvalue weighted by molar-refractivity contribution is 6.06. The predicted octanol–water partition coefficient (Wildman–Crippen LogP) is 2.28. The van der Waals surface area contributed by atoms with Gasteiger partial charge in [0.2, 0.25) is 5.43 Å². The number of hydrogen-bond donors (Lipinski definition) is 3. The van der Waals surface area contributed by atoms with Gasteiger partial charge in [0.25, 0.3) is 11.8 Å². The van der Waals surface area contributed by atoms with Crippen molar-refractivity contribution >= 4 is 28.8 Å². The maximum Gasteiger partial charge on any atom is 0.274 e. The van der Waals surface area contributed by atoms with Gasteiger partial charge in [0.05, 0.1) is 23.5 Å². The summed E-state index contributed by atoms with van der Waals surface area (Å²) in [6.45, 7) is 4.63. The number of H-pyrrole nitrogens is 1. The van der Waals surface area contributed by atoms with E-state index in [1.807, 2.05) is 13.8 Å². The Morgan fingerprint density at radius 3 is 2.64 bits per heavy atom. The molecule has 39 heavy (non-hydrogen) atoms. The fraction of sp³-hybridized carbons (Fsp3) is 0.500. The van der Waals surface area contributed by atoms with Gasteiger partial charge in [-0.1, -0.05) is 0 Å². The lowest BCUT2D eigenvalue weighted by Gasteiger charge is -2.34. The van der Waals surface area contributed by atoms with E-state index in [1.54, 1.807) is 21.9 Å². The number of aromatic nitrogens is 4. The van der Waals surface area contributed by atoms with Crippen LogP contribution in [0.4, 0.5) is 0 Å². The van der Waals surface area contributed by atoms with E-state index in [2.05, 4.69) is 20.3 Å². The average Bonchev–Trinajstić information content (AvgIpc) is 3.85. The van der Waals surface area contributed by atoms with E-state index in [4.69, 9.17) is 0 Å². The standard InChI is InChI=1S/C28H32N6O5/c1-14(2)33-9-10-34-17(11-21(36)25(37)24(34)28(33)39)7-8-20(35)22(16-5-6-16)32-27(38)18-12-29-26-23(18)31-19(13-30-26)15-3-4-15/h11-16,22,37H,3-10H2,1-2H3,(H,29,30)(H,32,38)/t22-/m1/s1. The lowest BCUT2D eigenvalue weighted by molar-refractivity contribution is -0.121. The molecule has 3 aliphatic rings. The van der Waals surface area contributed by atoms with Gasteiger partial charge in [-0.05, 0) is 51.9 Å². The number of carbonyl (C=O) groups is 3. The number of nitrogens with zero attached hydrogens (tertiary/aromatic N) is 4. The van der Waals surface area contributed by atoms with Crippen LogP contribution >= 0.6 is 0 Å². The zero-order chi connectivity index (χ0) is 27.4. The third kappa shape index (κ3) is 4.70. The van der Waals surface area contributed by atoms with E-state index >= 15 is 0 Å². The summed E-state index contributed by atoms with van der Waals surface area (Å²) in [6.07, 6.45) is 7.49. The number of ketones is 1. The summed E-state index contributed by atoms with van der Waals surface area (Å²) in [6, 6.07) is 0.582. The van der Waals surface area contributed by atoms with Crippen molar-refractivity contribution in [1.29, 1.82) is 0 Å². The molecule has 11 heteroatoms. The number of aromatic hydroxyl groups is 1. The molecule has 3 aromatic rings. The lowest BCUT2D eigenvalue weighted by Crippen LogP contribution is -2.46. The third-order valence-corrected chi connectivity index (χ3v) is 8.02. The van der Waals surface area contributed by atoms with Crippen LogP contribution in [-0.4, -0.2) is 65.8 Å². The largest absolute Gasteiger partial charge is 0.503 e. The molecule has 4 heterocycles. The van der Waals surface area contributed by atoms with Gasteiger partial charge in [-0.25, -0.2) is 9.97 Å². The van der Waals surface area contributed by atoms with Crippen molar-refractivity contribution in [2.45, 2.75) is 76.9 Å². The number of rotatable bonds is 9. The molecule has 2 amide bonds. The van der Waals surface area contributed by atoms with Crippen LogP contribution in [0.3, 0.4) is 0 Å². The second kappa shape index (κ2) is 9.62. The summed E-state index contributed by atoms with van der Waals surface area (Å²) < 4.78 is 1.65. The van der Waals surface area contributed by atoms with Gasteiger partial charge < -0.3 is 24.9 Å². The number of nitrogens with one attached hydrogen (secondary N) is 2. The summed E-state index contributed by atoms with van der Waals surface area (Å²) in [7, 11) is 0. The van der Waals surface area contributed by atoms with Crippen molar-refractivity contribution in [3.05, 3.63) is 51.3 Å². The average molecular weight is 533 g/mol. The molecule has 2 aliphatic carbocycles. The number of carbonyl (C=O) groups excluding carboxylic acids is 3. The predicted molar refractivity (Wildman–Crippen MR) is 142 cm³/mol. The maximum atomic E-state index is 13.4. The SMILES string of the molecule is CC(C)N1CCn2c(CCC(=O)[C@H](NC(=O)c3c[nH]c4ncc(C5CC5)nc34)C3CC3)cc(=O)c(O)c2C1=O. The monoisotopic (exact) mass is 532 g/mol. The number of aromatic amines is 1. The van der Waals surface area contributed by atoms with E-state index in [-0.39, 0.29) is 42.2 Å². The minimum atomic E-state index is -0.648. The van der Waals surface area contributed by atoms with Gasteiger partial charge in [-0.2, -0.15) is 0 Å². The van der Waals surface area contributed by atoms with Crippen molar-refractivity contribution in [3.8, 4) is 5.75 Å². The molecule has 1 atom stereocenters. The molecule has 2 fully saturated rings. The lowest BCUT2D eigenvalue weighted by atomic mass is 10.0. The number of hydrogen-bond acceptors (Lipinski definition) is 7. The van der Waals surface area contributed by atoms with E-state index in [1.165, 1.54) is 6.07 Å². The summed E-state index contributed by atoms with van der Waals surface area (Å²) >= 11 is 0. The van der Waals surface area contributed by atoms with Gasteiger partial charge in [0.1, 0.15) is 5.52 Å². The van der Waals surface area contributed by atoms with Crippen LogP contribution in [0.25, 0.3) is 11.2 Å². The van der Waals surface area contributed by atoms with E-state index in [0.717, 1.165) is 31.4 Å². The van der Waals surface area contributed by atoms with E-state index in [9.17, 15) is 24.3 Å². The molecule has 0 aromatic carbocycles. The van der Waals surface area contributed by atoms with Gasteiger partial charge in [0, 0.05) is 49.4 Å². The number of pyridine rings is 1. The first-order chi connectivity index (χ1) is 18.7. The smallest absolute Gasteiger partial charge is 0.274 e. The van der Waals surface area contributed by atoms with Crippen LogP contribution in [0, 0.1) is 5.92 Å². The number of amides is 2. The summed E-state index contributed by atoms with van der Waals surface area (Å²) in [5.74, 6) is -0.987. The Labute approximate surface area is 224 Å². The molecule has 3 aromatic heterocycles. The van der Waals surface area contributed by atoms with Crippen molar-refractivity contribution in [2.24, 2.45) is 5.92 Å². The molecule has 11 nitrogen and oxygen atoms in total. The van der Waals surface area contributed by atoms with Gasteiger partial charge in [-0.15, -0.1) is 0 Å². The zero-order valence-corrected chi connectivity index (χ0v) is 22.1. The minimum absolute atomic E-state index is 0.0250. The molecular formula is C28H32N6O5. The highest BCUT2D eigenvalue weighted by atomic mass is 16.3. The zero-order valence-electron chi connectivity index (χ0n) is 22.1. The van der Waals surface area contributed by atoms with Crippen molar-refractivity contribution in [3.63, 3.8) is 0 Å². The third-order valence-electron chi connectivity index (χ3n) is 8.02. The normalized spacial score (nSPS) is 17.9. The molecule has 2 saturated carbocycles. The van der Waals surface area contributed by atoms with Crippen molar-refractivity contribution < 1.29 is 19.5 Å². The molecule has 0 saturated heterocycles. The quantitative estimate of drug-likeness (QED) is 0.383. The van der Waals surface area contributed by atoms with E-state index < -0.39 is 23.1 Å². The van der Waals surface area contributed by atoms with Crippen LogP contribution in [0.1, 0.15) is 84.1 Å². The Bertz CT molecular complexity index is 1550. The molecule has 0 radical (unpaired) electrons.